The van der Waals surface area contributed by atoms with Crippen molar-refractivity contribution < 1.29 is 14.6 Å². The topological polar surface area (TPSA) is 70.9 Å². The smallest absolute Gasteiger partial charge is 0.281 e. The first-order valence-corrected chi connectivity index (χ1v) is 9.87. The molecule has 0 aliphatic carbocycles. The molecule has 4 aromatic rings. The number of ether oxygens (including phenoxy) is 1. The van der Waals surface area contributed by atoms with Gasteiger partial charge in [-0.25, -0.2) is 5.43 Å². The van der Waals surface area contributed by atoms with Crippen LogP contribution in [0.2, 0.25) is 0 Å². The lowest BCUT2D eigenvalue weighted by Gasteiger charge is -2.27. The molecule has 0 aliphatic rings. The predicted octanol–water partition coefficient (Wildman–Crippen LogP) is 4.23. The molecule has 0 aliphatic heterocycles. The molecule has 5 heteroatoms. The normalized spacial score (nSPS) is 11.5. The molecule has 5 nitrogen and oxygen atoms in total. The quantitative estimate of drug-likeness (QED) is 0.369. The standard InChI is InChI=1S/C26H22N2O3/c1-31-24-17-16-19(22-14-8-9-15-23(22)24)18-27-28-25(29)26(30,20-10-4-2-5-11-20)21-12-6-3-7-13-21/h2-18,30H,1H3,(H,28,29)/b27-18+. The van der Waals surface area contributed by atoms with Gasteiger partial charge >= 0.3 is 0 Å². The van der Waals surface area contributed by atoms with E-state index in [0.717, 1.165) is 22.1 Å². The van der Waals surface area contributed by atoms with E-state index in [1.54, 1.807) is 61.9 Å². The van der Waals surface area contributed by atoms with Gasteiger partial charge in [-0.05, 0) is 28.6 Å². The van der Waals surface area contributed by atoms with E-state index in [1.807, 2.05) is 48.5 Å². The van der Waals surface area contributed by atoms with Gasteiger partial charge in [-0.1, -0.05) is 84.9 Å². The summed E-state index contributed by atoms with van der Waals surface area (Å²) in [5.41, 5.74) is 2.38. The van der Waals surface area contributed by atoms with E-state index in [1.165, 1.54) is 0 Å². The molecule has 4 rings (SSSR count). The first-order valence-electron chi connectivity index (χ1n) is 9.87. The lowest BCUT2D eigenvalue weighted by atomic mass is 9.85. The zero-order valence-corrected chi connectivity index (χ0v) is 17.0. The zero-order valence-electron chi connectivity index (χ0n) is 17.0. The second-order valence-corrected chi connectivity index (χ2v) is 7.04. The summed E-state index contributed by atoms with van der Waals surface area (Å²) in [4.78, 5) is 13.1. The number of fused-ring (bicyclic) bond motifs is 1. The lowest BCUT2D eigenvalue weighted by molar-refractivity contribution is -0.136. The number of hydrogen-bond donors (Lipinski definition) is 2. The van der Waals surface area contributed by atoms with Gasteiger partial charge in [-0.2, -0.15) is 5.10 Å². The van der Waals surface area contributed by atoms with Crippen LogP contribution in [0.25, 0.3) is 10.8 Å². The number of carbonyl (C=O) groups excluding carboxylic acids is 1. The highest BCUT2D eigenvalue weighted by atomic mass is 16.5. The Morgan fingerprint density at radius 1 is 0.839 bits per heavy atom. The second-order valence-electron chi connectivity index (χ2n) is 7.04. The van der Waals surface area contributed by atoms with E-state index < -0.39 is 11.5 Å². The van der Waals surface area contributed by atoms with Crippen molar-refractivity contribution in [3.63, 3.8) is 0 Å². The van der Waals surface area contributed by atoms with Crippen LogP contribution in [0.5, 0.6) is 5.75 Å². The number of hydrogen-bond acceptors (Lipinski definition) is 4. The minimum absolute atomic E-state index is 0.462. The van der Waals surface area contributed by atoms with Crippen molar-refractivity contribution in [2.24, 2.45) is 5.10 Å². The Morgan fingerprint density at radius 3 is 1.97 bits per heavy atom. The number of carbonyl (C=O) groups is 1. The maximum Gasteiger partial charge on any atom is 0.281 e. The third kappa shape index (κ3) is 3.91. The van der Waals surface area contributed by atoms with E-state index in [9.17, 15) is 9.90 Å². The van der Waals surface area contributed by atoms with Crippen molar-refractivity contribution in [1.82, 2.24) is 5.43 Å². The monoisotopic (exact) mass is 410 g/mol. The van der Waals surface area contributed by atoms with Crippen LogP contribution in [0.1, 0.15) is 16.7 Å². The molecule has 154 valence electrons. The van der Waals surface area contributed by atoms with Crippen molar-refractivity contribution in [1.29, 1.82) is 0 Å². The van der Waals surface area contributed by atoms with Crippen LogP contribution in [0.3, 0.4) is 0 Å². The Labute approximate surface area is 180 Å². The average Bonchev–Trinajstić information content (AvgIpc) is 2.84. The SMILES string of the molecule is COc1ccc(/C=N/NC(=O)C(O)(c2ccccc2)c2ccccc2)c2ccccc12. The predicted molar refractivity (Wildman–Crippen MR) is 122 cm³/mol. The van der Waals surface area contributed by atoms with Gasteiger partial charge in [-0.15, -0.1) is 0 Å². The highest BCUT2D eigenvalue weighted by molar-refractivity contribution is 6.02. The Hall–Kier alpha value is -3.96. The maximum atomic E-state index is 13.1. The largest absolute Gasteiger partial charge is 0.496 e. The summed E-state index contributed by atoms with van der Waals surface area (Å²) in [6.45, 7) is 0. The molecule has 0 fully saturated rings. The van der Waals surface area contributed by atoms with Crippen molar-refractivity contribution in [3.8, 4) is 5.75 Å². The summed E-state index contributed by atoms with van der Waals surface area (Å²) in [6.07, 6.45) is 1.57. The fourth-order valence-corrected chi connectivity index (χ4v) is 3.61. The number of benzene rings is 4. The number of rotatable bonds is 6. The first-order chi connectivity index (χ1) is 15.1. The number of aliphatic hydroxyl groups is 1. The minimum Gasteiger partial charge on any atom is -0.496 e. The summed E-state index contributed by atoms with van der Waals surface area (Å²) in [5, 5.41) is 17.5. The molecular formula is C26H22N2O3. The molecule has 0 saturated carbocycles. The average molecular weight is 410 g/mol. The van der Waals surface area contributed by atoms with E-state index in [4.69, 9.17) is 4.74 Å². The summed E-state index contributed by atoms with van der Waals surface area (Å²) in [6, 6.07) is 29.2. The fourth-order valence-electron chi connectivity index (χ4n) is 3.61. The third-order valence-electron chi connectivity index (χ3n) is 5.22. The molecular weight excluding hydrogens is 388 g/mol. The van der Waals surface area contributed by atoms with Crippen LogP contribution in [0.15, 0.2) is 102 Å². The molecule has 0 saturated heterocycles. The van der Waals surface area contributed by atoms with Gasteiger partial charge < -0.3 is 9.84 Å². The number of nitrogens with one attached hydrogen (secondary N) is 1. The molecule has 0 heterocycles. The Morgan fingerprint density at radius 2 is 1.39 bits per heavy atom. The number of hydrazone groups is 1. The highest BCUT2D eigenvalue weighted by Crippen LogP contribution is 2.30. The lowest BCUT2D eigenvalue weighted by Crippen LogP contribution is -2.43. The van der Waals surface area contributed by atoms with Crippen molar-refractivity contribution >= 4 is 22.9 Å². The van der Waals surface area contributed by atoms with Gasteiger partial charge in [0.05, 0.1) is 13.3 Å². The molecule has 1 amide bonds. The summed E-state index contributed by atoms with van der Waals surface area (Å²) in [7, 11) is 1.63. The molecule has 0 bridgehead atoms. The Balaban J connectivity index is 1.65. The van der Waals surface area contributed by atoms with Gasteiger partial charge in [0.15, 0.2) is 5.60 Å². The van der Waals surface area contributed by atoms with Crippen LogP contribution in [-0.2, 0) is 10.4 Å². The van der Waals surface area contributed by atoms with Crippen LogP contribution in [0, 0.1) is 0 Å². The van der Waals surface area contributed by atoms with E-state index >= 15 is 0 Å². The maximum absolute atomic E-state index is 13.1. The molecule has 31 heavy (non-hydrogen) atoms. The van der Waals surface area contributed by atoms with Crippen LogP contribution >= 0.6 is 0 Å². The van der Waals surface area contributed by atoms with E-state index in [-0.39, 0.29) is 0 Å². The number of amides is 1. The van der Waals surface area contributed by atoms with Gasteiger partial charge in [0.1, 0.15) is 5.75 Å². The number of methoxy groups -OCH3 is 1. The molecule has 0 spiro atoms. The first kappa shape index (κ1) is 20.3. The van der Waals surface area contributed by atoms with E-state index in [2.05, 4.69) is 10.5 Å². The molecule has 0 radical (unpaired) electrons. The van der Waals surface area contributed by atoms with Crippen molar-refractivity contribution in [2.45, 2.75) is 5.60 Å². The molecule has 0 aromatic heterocycles. The van der Waals surface area contributed by atoms with Crippen LogP contribution < -0.4 is 10.2 Å². The summed E-state index contributed by atoms with van der Waals surface area (Å²) >= 11 is 0. The molecule has 0 unspecified atom stereocenters. The van der Waals surface area contributed by atoms with Crippen molar-refractivity contribution in [2.75, 3.05) is 7.11 Å². The fraction of sp³-hybridized carbons (Fsp3) is 0.0769. The van der Waals surface area contributed by atoms with E-state index in [0.29, 0.717) is 11.1 Å². The third-order valence-corrected chi connectivity index (χ3v) is 5.22. The Kier molecular flexibility index (Phi) is 5.78. The highest BCUT2D eigenvalue weighted by Gasteiger charge is 2.39. The van der Waals surface area contributed by atoms with Gasteiger partial charge in [0.2, 0.25) is 0 Å². The molecule has 2 N–H and O–H groups in total. The van der Waals surface area contributed by atoms with Crippen molar-refractivity contribution in [3.05, 3.63) is 114 Å². The molecule has 4 aromatic carbocycles. The van der Waals surface area contributed by atoms with Gasteiger partial charge in [0, 0.05) is 10.9 Å². The van der Waals surface area contributed by atoms with Gasteiger partial charge in [-0.3, -0.25) is 4.79 Å². The minimum atomic E-state index is -1.87. The van der Waals surface area contributed by atoms with Crippen LogP contribution in [0.4, 0.5) is 0 Å². The summed E-state index contributed by atoms with van der Waals surface area (Å²) < 4.78 is 5.42. The number of nitrogens with zero attached hydrogens (tertiary/aromatic N) is 1. The second kappa shape index (κ2) is 8.81. The zero-order chi connectivity index (χ0) is 21.7. The molecule has 0 atom stereocenters. The van der Waals surface area contributed by atoms with Gasteiger partial charge in [0.25, 0.3) is 5.91 Å². The van der Waals surface area contributed by atoms with Crippen LogP contribution in [-0.4, -0.2) is 24.3 Å². The summed E-state index contributed by atoms with van der Waals surface area (Å²) in [5.74, 6) is 0.123. The Bertz CT molecular complexity index is 1180.